The lowest BCUT2D eigenvalue weighted by Gasteiger charge is -2.15. The molecule has 2 atom stereocenters. The van der Waals surface area contributed by atoms with E-state index in [-0.39, 0.29) is 17.9 Å². The molecule has 1 rings (SSSR count). The Balaban J connectivity index is 2.45. The molecular formula is C16H25NO3. The van der Waals surface area contributed by atoms with Crippen LogP contribution >= 0.6 is 0 Å². The fraction of sp³-hybridized carbons (Fsp3) is 0.562. The van der Waals surface area contributed by atoms with Crippen molar-refractivity contribution >= 4 is 5.91 Å². The second-order valence-electron chi connectivity index (χ2n) is 5.05. The van der Waals surface area contributed by atoms with Gasteiger partial charge in [0.2, 0.25) is 5.91 Å². The number of para-hydroxylation sites is 1. The average Bonchev–Trinajstić information content (AvgIpc) is 2.46. The molecular weight excluding hydrogens is 254 g/mol. The molecule has 0 saturated heterocycles. The molecule has 0 aromatic heterocycles. The highest BCUT2D eigenvalue weighted by atomic mass is 16.5. The number of amides is 1. The highest BCUT2D eigenvalue weighted by molar-refractivity contribution is 5.76. The minimum absolute atomic E-state index is 0.00621. The Morgan fingerprint density at radius 2 is 2.10 bits per heavy atom. The minimum Gasteiger partial charge on any atom is -0.496 e. The lowest BCUT2D eigenvalue weighted by atomic mass is 9.96. The number of rotatable bonds is 8. The Morgan fingerprint density at radius 1 is 1.40 bits per heavy atom. The van der Waals surface area contributed by atoms with E-state index >= 15 is 0 Å². The predicted octanol–water partition coefficient (Wildman–Crippen LogP) is 2.47. The normalized spacial score (nSPS) is 13.6. The Hall–Kier alpha value is -1.55. The van der Waals surface area contributed by atoms with Crippen molar-refractivity contribution in [3.8, 4) is 5.75 Å². The van der Waals surface area contributed by atoms with Crippen LogP contribution < -0.4 is 10.1 Å². The predicted molar refractivity (Wildman–Crippen MR) is 80.0 cm³/mol. The molecule has 0 aliphatic heterocycles. The number of hydrogen-bond acceptors (Lipinski definition) is 3. The zero-order valence-corrected chi connectivity index (χ0v) is 12.6. The molecule has 112 valence electrons. The van der Waals surface area contributed by atoms with Gasteiger partial charge in [-0.3, -0.25) is 4.79 Å². The van der Waals surface area contributed by atoms with Crippen molar-refractivity contribution in [1.29, 1.82) is 0 Å². The Labute approximate surface area is 121 Å². The van der Waals surface area contributed by atoms with E-state index in [0.717, 1.165) is 11.3 Å². The summed E-state index contributed by atoms with van der Waals surface area (Å²) in [6.45, 7) is 4.46. The van der Waals surface area contributed by atoms with E-state index in [2.05, 4.69) is 5.32 Å². The Kier molecular flexibility index (Phi) is 7.09. The molecule has 0 spiro atoms. The third kappa shape index (κ3) is 5.21. The third-order valence-corrected chi connectivity index (χ3v) is 3.43. The van der Waals surface area contributed by atoms with Crippen LogP contribution in [0.5, 0.6) is 5.75 Å². The Morgan fingerprint density at radius 3 is 2.75 bits per heavy atom. The third-order valence-electron chi connectivity index (χ3n) is 3.43. The summed E-state index contributed by atoms with van der Waals surface area (Å²) in [5.41, 5.74) is 1.04. The molecule has 2 unspecified atom stereocenters. The summed E-state index contributed by atoms with van der Waals surface area (Å²) in [5, 5.41) is 12.3. The standard InChI is InChI=1S/C16H25NO3/c1-4-13(18)9-10-17-16(19)11-12(2)14-7-5-6-8-15(14)20-3/h5-8,12-13,18H,4,9-11H2,1-3H3,(H,17,19). The maximum absolute atomic E-state index is 11.9. The molecule has 4 nitrogen and oxygen atoms in total. The molecule has 0 aliphatic rings. The first kappa shape index (κ1) is 16.5. The molecule has 20 heavy (non-hydrogen) atoms. The van der Waals surface area contributed by atoms with Crippen molar-refractivity contribution in [2.24, 2.45) is 0 Å². The zero-order valence-electron chi connectivity index (χ0n) is 12.6. The number of nitrogens with one attached hydrogen (secondary N) is 1. The lowest BCUT2D eigenvalue weighted by Crippen LogP contribution is -2.27. The van der Waals surface area contributed by atoms with Crippen LogP contribution in [0.1, 0.15) is 44.6 Å². The number of carbonyl (C=O) groups excluding carboxylic acids is 1. The second-order valence-corrected chi connectivity index (χ2v) is 5.05. The van der Waals surface area contributed by atoms with Crippen molar-refractivity contribution in [3.63, 3.8) is 0 Å². The van der Waals surface area contributed by atoms with E-state index < -0.39 is 0 Å². The first-order valence-corrected chi connectivity index (χ1v) is 7.16. The van der Waals surface area contributed by atoms with E-state index in [1.165, 1.54) is 0 Å². The summed E-state index contributed by atoms with van der Waals surface area (Å²) in [7, 11) is 1.64. The van der Waals surface area contributed by atoms with Gasteiger partial charge in [0.05, 0.1) is 13.2 Å². The van der Waals surface area contributed by atoms with Gasteiger partial charge in [0.1, 0.15) is 5.75 Å². The van der Waals surface area contributed by atoms with Crippen molar-refractivity contribution in [2.45, 2.75) is 45.1 Å². The Bertz CT molecular complexity index is 420. The smallest absolute Gasteiger partial charge is 0.220 e. The highest BCUT2D eigenvalue weighted by Crippen LogP contribution is 2.28. The van der Waals surface area contributed by atoms with Crippen molar-refractivity contribution in [1.82, 2.24) is 5.32 Å². The van der Waals surface area contributed by atoms with Gasteiger partial charge in [-0.05, 0) is 30.4 Å². The highest BCUT2D eigenvalue weighted by Gasteiger charge is 2.14. The van der Waals surface area contributed by atoms with E-state index in [1.807, 2.05) is 38.1 Å². The van der Waals surface area contributed by atoms with Crippen LogP contribution in [0.2, 0.25) is 0 Å². The van der Waals surface area contributed by atoms with Gasteiger partial charge in [-0.25, -0.2) is 0 Å². The van der Waals surface area contributed by atoms with Gasteiger partial charge < -0.3 is 15.2 Å². The molecule has 0 heterocycles. The first-order valence-electron chi connectivity index (χ1n) is 7.16. The summed E-state index contributed by atoms with van der Waals surface area (Å²) in [5.74, 6) is 0.920. The van der Waals surface area contributed by atoms with Crippen molar-refractivity contribution in [3.05, 3.63) is 29.8 Å². The van der Waals surface area contributed by atoms with Crippen LogP contribution in [0, 0.1) is 0 Å². The molecule has 1 aromatic rings. The van der Waals surface area contributed by atoms with Crippen LogP contribution in [0.3, 0.4) is 0 Å². The van der Waals surface area contributed by atoms with Crippen molar-refractivity contribution < 1.29 is 14.6 Å². The van der Waals surface area contributed by atoms with Gasteiger partial charge in [-0.1, -0.05) is 32.0 Å². The number of benzene rings is 1. The largest absolute Gasteiger partial charge is 0.496 e. The summed E-state index contributed by atoms with van der Waals surface area (Å²) in [6.07, 6.45) is 1.41. The van der Waals surface area contributed by atoms with Crippen LogP contribution in [0.15, 0.2) is 24.3 Å². The molecule has 1 aromatic carbocycles. The van der Waals surface area contributed by atoms with Gasteiger partial charge in [0, 0.05) is 13.0 Å². The van der Waals surface area contributed by atoms with Gasteiger partial charge in [-0.15, -0.1) is 0 Å². The van der Waals surface area contributed by atoms with Gasteiger partial charge >= 0.3 is 0 Å². The molecule has 0 fully saturated rings. The van der Waals surface area contributed by atoms with Gasteiger partial charge in [0.15, 0.2) is 0 Å². The quantitative estimate of drug-likeness (QED) is 0.768. The SMILES string of the molecule is CCC(O)CCNC(=O)CC(C)c1ccccc1OC. The van der Waals surface area contributed by atoms with E-state index in [4.69, 9.17) is 4.74 Å². The second kappa shape index (κ2) is 8.59. The maximum Gasteiger partial charge on any atom is 0.220 e. The molecule has 0 aliphatic carbocycles. The number of methoxy groups -OCH3 is 1. The van der Waals surface area contributed by atoms with Crippen LogP contribution in [-0.4, -0.2) is 30.8 Å². The van der Waals surface area contributed by atoms with E-state index in [1.54, 1.807) is 7.11 Å². The van der Waals surface area contributed by atoms with Crippen LogP contribution in [-0.2, 0) is 4.79 Å². The topological polar surface area (TPSA) is 58.6 Å². The van der Waals surface area contributed by atoms with Gasteiger partial charge in [0.25, 0.3) is 0 Å². The van der Waals surface area contributed by atoms with Crippen molar-refractivity contribution in [2.75, 3.05) is 13.7 Å². The molecule has 0 saturated carbocycles. The average molecular weight is 279 g/mol. The lowest BCUT2D eigenvalue weighted by molar-refractivity contribution is -0.121. The zero-order chi connectivity index (χ0) is 15.0. The van der Waals surface area contributed by atoms with Crippen LogP contribution in [0.25, 0.3) is 0 Å². The number of carbonyl (C=O) groups is 1. The summed E-state index contributed by atoms with van der Waals surface area (Å²) >= 11 is 0. The number of hydrogen-bond donors (Lipinski definition) is 2. The number of ether oxygens (including phenoxy) is 1. The van der Waals surface area contributed by atoms with Gasteiger partial charge in [-0.2, -0.15) is 0 Å². The molecule has 2 N–H and O–H groups in total. The summed E-state index contributed by atoms with van der Waals surface area (Å²) in [6, 6.07) is 7.75. The fourth-order valence-corrected chi connectivity index (χ4v) is 2.12. The number of aliphatic hydroxyl groups excluding tert-OH is 1. The van der Waals surface area contributed by atoms with Crippen LogP contribution in [0.4, 0.5) is 0 Å². The fourth-order valence-electron chi connectivity index (χ4n) is 2.12. The minimum atomic E-state index is -0.332. The summed E-state index contributed by atoms with van der Waals surface area (Å²) in [4.78, 5) is 11.9. The first-order chi connectivity index (χ1) is 9.58. The molecule has 1 amide bonds. The maximum atomic E-state index is 11.9. The monoisotopic (exact) mass is 279 g/mol. The number of aliphatic hydroxyl groups is 1. The molecule has 0 radical (unpaired) electrons. The summed E-state index contributed by atoms with van der Waals surface area (Å²) < 4.78 is 5.31. The van der Waals surface area contributed by atoms with E-state index in [9.17, 15) is 9.90 Å². The molecule has 0 bridgehead atoms. The molecule has 4 heteroatoms. The van der Waals surface area contributed by atoms with E-state index in [0.29, 0.717) is 25.8 Å².